The molecular formula is C22H29N3. The maximum absolute atomic E-state index is 6.20. The number of rotatable bonds is 5. The predicted molar refractivity (Wildman–Crippen MR) is 103 cm³/mol. The molecule has 2 heterocycles. The van der Waals surface area contributed by atoms with Gasteiger partial charge in [0.15, 0.2) is 0 Å². The number of aryl methyl sites for hydroxylation is 1. The molecule has 3 heteroatoms. The van der Waals surface area contributed by atoms with Crippen LogP contribution < -0.4 is 5.73 Å². The molecule has 4 rings (SSSR count). The second-order valence-corrected chi connectivity index (χ2v) is 7.49. The Kier molecular flexibility index (Phi) is 4.89. The van der Waals surface area contributed by atoms with Crippen LogP contribution in [0.25, 0.3) is 0 Å². The van der Waals surface area contributed by atoms with E-state index in [4.69, 9.17) is 5.73 Å². The highest BCUT2D eigenvalue weighted by Gasteiger charge is 2.34. The van der Waals surface area contributed by atoms with E-state index in [0.717, 1.165) is 13.1 Å². The van der Waals surface area contributed by atoms with Gasteiger partial charge in [-0.25, -0.2) is 0 Å². The number of nitrogens with zero attached hydrogens (tertiary/aromatic N) is 2. The normalized spacial score (nSPS) is 22.2. The molecule has 2 aromatic rings. The van der Waals surface area contributed by atoms with Gasteiger partial charge < -0.3 is 5.73 Å². The smallest absolute Gasteiger partial charge is 0.0478 e. The first kappa shape index (κ1) is 16.8. The molecule has 0 radical (unpaired) electrons. The van der Waals surface area contributed by atoms with Crippen molar-refractivity contribution >= 4 is 0 Å². The van der Waals surface area contributed by atoms with Gasteiger partial charge in [-0.05, 0) is 55.1 Å². The molecule has 2 unspecified atom stereocenters. The van der Waals surface area contributed by atoms with E-state index >= 15 is 0 Å². The molecule has 0 bridgehead atoms. The lowest BCUT2D eigenvalue weighted by Crippen LogP contribution is -2.38. The summed E-state index contributed by atoms with van der Waals surface area (Å²) < 4.78 is 0. The Labute approximate surface area is 151 Å². The molecular weight excluding hydrogens is 306 g/mol. The minimum atomic E-state index is 0.351. The third-order valence-electron chi connectivity index (χ3n) is 6.00. The number of hydrogen-bond donors (Lipinski definition) is 1. The van der Waals surface area contributed by atoms with Gasteiger partial charge in [0, 0.05) is 31.7 Å². The summed E-state index contributed by atoms with van der Waals surface area (Å²) in [5.41, 5.74) is 12.0. The second kappa shape index (κ2) is 7.28. The molecule has 3 nitrogen and oxygen atoms in total. The molecule has 132 valence electrons. The molecule has 1 saturated heterocycles. The summed E-state index contributed by atoms with van der Waals surface area (Å²) in [4.78, 5) is 5.27. The Bertz CT molecular complexity index is 706. The Morgan fingerprint density at radius 2 is 1.80 bits per heavy atom. The van der Waals surface area contributed by atoms with Crippen molar-refractivity contribution < 1.29 is 0 Å². The van der Waals surface area contributed by atoms with Crippen molar-refractivity contribution in [1.29, 1.82) is 0 Å². The fourth-order valence-electron chi connectivity index (χ4n) is 4.61. The van der Waals surface area contributed by atoms with Gasteiger partial charge in [0.2, 0.25) is 0 Å². The zero-order chi connectivity index (χ0) is 17.2. The number of nitrogens with two attached hydrogens (primary N) is 1. The van der Waals surface area contributed by atoms with Crippen LogP contribution in [0.1, 0.15) is 47.2 Å². The molecule has 25 heavy (non-hydrogen) atoms. The third kappa shape index (κ3) is 3.24. The average Bonchev–Trinajstić information content (AvgIpc) is 3.28. The highest BCUT2D eigenvalue weighted by atomic mass is 15.3. The molecule has 2 aliphatic rings. The van der Waals surface area contributed by atoms with Crippen molar-refractivity contribution in [3.05, 3.63) is 70.8 Å². The lowest BCUT2D eigenvalue weighted by Gasteiger charge is -2.34. The number of benzene rings is 2. The van der Waals surface area contributed by atoms with E-state index in [1.54, 1.807) is 0 Å². The molecule has 0 saturated carbocycles. The zero-order valence-electron chi connectivity index (χ0n) is 15.2. The van der Waals surface area contributed by atoms with Gasteiger partial charge in [-0.3, -0.25) is 9.80 Å². The van der Waals surface area contributed by atoms with Gasteiger partial charge in [0.05, 0.1) is 0 Å². The quantitative estimate of drug-likeness (QED) is 0.905. The van der Waals surface area contributed by atoms with E-state index in [-0.39, 0.29) is 0 Å². The minimum Gasteiger partial charge on any atom is -0.329 e. The molecule has 0 spiro atoms. The van der Waals surface area contributed by atoms with Gasteiger partial charge in [0.25, 0.3) is 0 Å². The summed E-state index contributed by atoms with van der Waals surface area (Å²) in [6, 6.07) is 18.5. The molecule has 2 aliphatic heterocycles. The van der Waals surface area contributed by atoms with Crippen molar-refractivity contribution in [2.45, 2.75) is 38.4 Å². The van der Waals surface area contributed by atoms with Crippen LogP contribution in [0.3, 0.4) is 0 Å². The van der Waals surface area contributed by atoms with Gasteiger partial charge >= 0.3 is 0 Å². The highest BCUT2D eigenvalue weighted by molar-refractivity contribution is 5.40. The van der Waals surface area contributed by atoms with Crippen LogP contribution in [-0.2, 0) is 6.54 Å². The number of likely N-dealkylation sites (tertiary alicyclic amines) is 1. The molecule has 2 N–H and O–H groups in total. The maximum atomic E-state index is 6.20. The fourth-order valence-corrected chi connectivity index (χ4v) is 4.61. The van der Waals surface area contributed by atoms with Crippen molar-refractivity contribution in [3.8, 4) is 0 Å². The molecule has 0 aliphatic carbocycles. The van der Waals surface area contributed by atoms with E-state index in [2.05, 4.69) is 65.3 Å². The van der Waals surface area contributed by atoms with Gasteiger partial charge in [-0.1, -0.05) is 48.5 Å². The predicted octanol–water partition coefficient (Wildman–Crippen LogP) is 3.65. The molecule has 2 atom stereocenters. The molecule has 0 amide bonds. The third-order valence-corrected chi connectivity index (χ3v) is 6.00. The van der Waals surface area contributed by atoms with Crippen molar-refractivity contribution in [2.75, 3.05) is 26.2 Å². The molecule has 0 aromatic heterocycles. The Morgan fingerprint density at radius 1 is 1.04 bits per heavy atom. The summed E-state index contributed by atoms with van der Waals surface area (Å²) in [5.74, 6) is 0. The molecule has 1 fully saturated rings. The van der Waals surface area contributed by atoms with Crippen LogP contribution in [0.4, 0.5) is 0 Å². The van der Waals surface area contributed by atoms with Crippen molar-refractivity contribution in [3.63, 3.8) is 0 Å². The van der Waals surface area contributed by atoms with Crippen LogP contribution in [0, 0.1) is 6.92 Å². The monoisotopic (exact) mass is 335 g/mol. The van der Waals surface area contributed by atoms with Crippen LogP contribution in [0.5, 0.6) is 0 Å². The lowest BCUT2D eigenvalue weighted by molar-refractivity contribution is 0.135. The summed E-state index contributed by atoms with van der Waals surface area (Å²) in [5, 5.41) is 0. The largest absolute Gasteiger partial charge is 0.329 e. The van der Waals surface area contributed by atoms with Crippen LogP contribution in [-0.4, -0.2) is 36.0 Å². The summed E-state index contributed by atoms with van der Waals surface area (Å²) in [7, 11) is 0. The van der Waals surface area contributed by atoms with Crippen molar-refractivity contribution in [2.24, 2.45) is 5.73 Å². The fraction of sp³-hybridized carbons (Fsp3) is 0.455. The van der Waals surface area contributed by atoms with E-state index in [1.165, 1.54) is 48.2 Å². The van der Waals surface area contributed by atoms with Crippen LogP contribution in [0.15, 0.2) is 48.5 Å². The van der Waals surface area contributed by atoms with Gasteiger partial charge in [-0.2, -0.15) is 0 Å². The first-order valence-corrected chi connectivity index (χ1v) is 9.59. The Morgan fingerprint density at radius 3 is 2.52 bits per heavy atom. The Balaban J connectivity index is 1.61. The minimum absolute atomic E-state index is 0.351. The average molecular weight is 335 g/mol. The van der Waals surface area contributed by atoms with Crippen LogP contribution >= 0.6 is 0 Å². The standard InChI is InChI=1S/C22H29N3/c1-17-8-7-11-19-20(17)15-25(21(19)14-23)16-22(24-12-5-6-13-24)18-9-3-2-4-10-18/h2-4,7-11,21-22H,5-6,12-16,23H2,1H3. The van der Waals surface area contributed by atoms with E-state index in [0.29, 0.717) is 18.6 Å². The lowest BCUT2D eigenvalue weighted by atomic mass is 10.0. The topological polar surface area (TPSA) is 32.5 Å². The summed E-state index contributed by atoms with van der Waals surface area (Å²) in [6.07, 6.45) is 2.64. The van der Waals surface area contributed by atoms with Crippen molar-refractivity contribution in [1.82, 2.24) is 9.80 Å². The number of hydrogen-bond acceptors (Lipinski definition) is 3. The Hall–Kier alpha value is -1.68. The first-order valence-electron chi connectivity index (χ1n) is 9.59. The van der Waals surface area contributed by atoms with E-state index in [9.17, 15) is 0 Å². The van der Waals surface area contributed by atoms with E-state index < -0.39 is 0 Å². The summed E-state index contributed by atoms with van der Waals surface area (Å²) in [6.45, 7) is 7.43. The number of fused-ring (bicyclic) bond motifs is 1. The van der Waals surface area contributed by atoms with Gasteiger partial charge in [-0.15, -0.1) is 0 Å². The van der Waals surface area contributed by atoms with Crippen LogP contribution in [0.2, 0.25) is 0 Å². The van der Waals surface area contributed by atoms with Gasteiger partial charge in [0.1, 0.15) is 0 Å². The summed E-state index contributed by atoms with van der Waals surface area (Å²) >= 11 is 0. The van der Waals surface area contributed by atoms with E-state index in [1.807, 2.05) is 0 Å². The molecule has 2 aromatic carbocycles. The highest BCUT2D eigenvalue weighted by Crippen LogP contribution is 2.37. The zero-order valence-corrected chi connectivity index (χ0v) is 15.2. The SMILES string of the molecule is Cc1cccc2c1CN(CC(c1ccccc1)N1CCCC1)C2CN. The second-order valence-electron chi connectivity index (χ2n) is 7.49. The maximum Gasteiger partial charge on any atom is 0.0478 e. The first-order chi connectivity index (χ1) is 12.3.